The average molecular weight is 394 g/mol. The van der Waals surface area contributed by atoms with Gasteiger partial charge >= 0.3 is 6.09 Å². The van der Waals surface area contributed by atoms with Crippen LogP contribution in [0.25, 0.3) is 10.9 Å². The van der Waals surface area contributed by atoms with E-state index in [2.05, 4.69) is 47.5 Å². The van der Waals surface area contributed by atoms with Gasteiger partial charge in [0.15, 0.2) is 0 Å². The highest BCUT2D eigenvalue weighted by Crippen LogP contribution is 2.48. The summed E-state index contributed by atoms with van der Waals surface area (Å²) in [5.74, 6) is 0.983. The van der Waals surface area contributed by atoms with Crippen LogP contribution < -0.4 is 10.2 Å². The van der Waals surface area contributed by atoms with Crippen LogP contribution in [0, 0.1) is 6.92 Å². The molecule has 1 N–H and O–H groups in total. The molecular weight excluding hydrogens is 370 g/mol. The highest BCUT2D eigenvalue weighted by Gasteiger charge is 2.25. The van der Waals surface area contributed by atoms with Crippen molar-refractivity contribution in [2.24, 2.45) is 0 Å². The van der Waals surface area contributed by atoms with Gasteiger partial charge in [-0.2, -0.15) is 0 Å². The summed E-state index contributed by atoms with van der Waals surface area (Å²) in [7, 11) is 0. The summed E-state index contributed by atoms with van der Waals surface area (Å²) in [5, 5.41) is 3.94. The number of aryl methyl sites for hydroxylation is 1. The second-order valence-electron chi connectivity index (χ2n) is 6.73. The fourth-order valence-electron chi connectivity index (χ4n) is 3.35. The third kappa shape index (κ3) is 3.78. The number of anilines is 2. The van der Waals surface area contributed by atoms with E-state index in [-0.39, 0.29) is 6.09 Å². The van der Waals surface area contributed by atoms with E-state index in [9.17, 15) is 4.79 Å². The Bertz CT molecular complexity index is 1020. The zero-order chi connectivity index (χ0) is 19.5. The number of nitrogens with one attached hydrogen (secondary N) is 1. The van der Waals surface area contributed by atoms with Crippen molar-refractivity contribution in [2.45, 2.75) is 30.1 Å². The number of ether oxygens (including phenoxy) is 1. The van der Waals surface area contributed by atoms with E-state index in [1.54, 1.807) is 18.7 Å². The van der Waals surface area contributed by atoms with Crippen molar-refractivity contribution in [3.63, 3.8) is 0 Å². The van der Waals surface area contributed by atoms with Crippen LogP contribution in [-0.4, -0.2) is 30.8 Å². The van der Waals surface area contributed by atoms with Crippen molar-refractivity contribution in [3.05, 3.63) is 54.1 Å². The number of pyridine rings is 1. The Hall–Kier alpha value is -2.73. The van der Waals surface area contributed by atoms with Crippen molar-refractivity contribution in [1.82, 2.24) is 10.3 Å². The van der Waals surface area contributed by atoms with Crippen LogP contribution in [0.2, 0.25) is 0 Å². The Kier molecular flexibility index (Phi) is 5.39. The van der Waals surface area contributed by atoms with Crippen molar-refractivity contribution >= 4 is 40.3 Å². The summed E-state index contributed by atoms with van der Waals surface area (Å²) in [5.41, 5.74) is 3.40. The minimum atomic E-state index is -0.364. The molecule has 3 aromatic rings. The number of hydrogen-bond acceptors (Lipinski definition) is 5. The van der Waals surface area contributed by atoms with Gasteiger partial charge in [-0.15, -0.1) is 0 Å². The normalized spacial score (nSPS) is 12.4. The van der Waals surface area contributed by atoms with Gasteiger partial charge in [0.05, 0.1) is 22.7 Å². The molecule has 0 saturated carbocycles. The summed E-state index contributed by atoms with van der Waals surface area (Å²) in [6.07, 6.45) is 0.433. The SMILES string of the molecule is CCOC(=O)NCCCN1c2ccc(C)cc2Sc2cc3ccccc3nc21. The van der Waals surface area contributed by atoms with E-state index in [1.165, 1.54) is 16.1 Å². The Morgan fingerprint density at radius 1 is 1.18 bits per heavy atom. The maximum Gasteiger partial charge on any atom is 0.407 e. The van der Waals surface area contributed by atoms with Crippen molar-refractivity contribution in [1.29, 1.82) is 0 Å². The molecule has 1 aliphatic heterocycles. The van der Waals surface area contributed by atoms with E-state index < -0.39 is 0 Å². The number of para-hydroxylation sites is 1. The molecule has 1 amide bonds. The maximum atomic E-state index is 11.5. The monoisotopic (exact) mass is 393 g/mol. The van der Waals surface area contributed by atoms with Gasteiger partial charge in [-0.25, -0.2) is 9.78 Å². The second kappa shape index (κ2) is 8.10. The van der Waals surface area contributed by atoms with Crippen LogP contribution in [0.5, 0.6) is 0 Å². The predicted molar refractivity (Wildman–Crippen MR) is 114 cm³/mol. The number of fused-ring (bicyclic) bond motifs is 3. The van der Waals surface area contributed by atoms with Gasteiger partial charge in [0.1, 0.15) is 5.82 Å². The van der Waals surface area contributed by atoms with E-state index in [1.807, 2.05) is 18.2 Å². The molecular formula is C22H23N3O2S. The number of rotatable bonds is 5. The van der Waals surface area contributed by atoms with Gasteiger partial charge in [-0.05, 0) is 50.1 Å². The summed E-state index contributed by atoms with van der Waals surface area (Å²) in [4.78, 5) is 21.1. The van der Waals surface area contributed by atoms with Crippen LogP contribution >= 0.6 is 11.8 Å². The average Bonchev–Trinajstić information content (AvgIpc) is 2.69. The van der Waals surface area contributed by atoms with E-state index >= 15 is 0 Å². The van der Waals surface area contributed by atoms with Crippen LogP contribution in [0.1, 0.15) is 18.9 Å². The summed E-state index contributed by atoms with van der Waals surface area (Å²) >= 11 is 1.77. The van der Waals surface area contributed by atoms with Crippen LogP contribution in [-0.2, 0) is 4.74 Å². The van der Waals surface area contributed by atoms with Crippen molar-refractivity contribution < 1.29 is 9.53 Å². The molecule has 0 atom stereocenters. The molecule has 0 radical (unpaired) electrons. The zero-order valence-corrected chi connectivity index (χ0v) is 16.9. The first-order chi connectivity index (χ1) is 13.7. The number of carbonyl (C=O) groups is 1. The third-order valence-corrected chi connectivity index (χ3v) is 5.72. The maximum absolute atomic E-state index is 11.5. The topological polar surface area (TPSA) is 54.5 Å². The fraction of sp³-hybridized carbons (Fsp3) is 0.273. The van der Waals surface area contributed by atoms with E-state index in [0.717, 1.165) is 34.6 Å². The first kappa shape index (κ1) is 18.6. The molecule has 5 nitrogen and oxygen atoms in total. The number of alkyl carbamates (subject to hydrolysis) is 1. The number of carbonyl (C=O) groups excluding carboxylic acids is 1. The van der Waals surface area contributed by atoms with Crippen LogP contribution in [0.4, 0.5) is 16.3 Å². The number of hydrogen-bond donors (Lipinski definition) is 1. The standard InChI is InChI=1S/C22H23N3O2S/c1-3-27-22(26)23-11-6-12-25-18-10-9-15(2)13-19(18)28-20-14-16-7-4-5-8-17(16)24-21(20)25/h4-5,7-10,13-14H,3,6,11-12H2,1-2H3,(H,23,26). The summed E-state index contributed by atoms with van der Waals surface area (Å²) < 4.78 is 4.93. The Morgan fingerprint density at radius 2 is 2.04 bits per heavy atom. The molecule has 0 spiro atoms. The number of benzene rings is 2. The molecule has 0 aliphatic carbocycles. The lowest BCUT2D eigenvalue weighted by Crippen LogP contribution is -2.29. The first-order valence-electron chi connectivity index (χ1n) is 9.52. The van der Waals surface area contributed by atoms with E-state index in [4.69, 9.17) is 9.72 Å². The first-order valence-corrected chi connectivity index (χ1v) is 10.3. The third-order valence-electron chi connectivity index (χ3n) is 4.66. The minimum Gasteiger partial charge on any atom is -0.450 e. The molecule has 1 aromatic heterocycles. The lowest BCUT2D eigenvalue weighted by Gasteiger charge is -2.32. The number of amides is 1. The molecule has 0 saturated heterocycles. The molecule has 4 rings (SSSR count). The molecule has 0 bridgehead atoms. The highest BCUT2D eigenvalue weighted by atomic mass is 32.2. The zero-order valence-electron chi connectivity index (χ0n) is 16.1. The molecule has 2 aromatic carbocycles. The second-order valence-corrected chi connectivity index (χ2v) is 7.81. The van der Waals surface area contributed by atoms with E-state index in [0.29, 0.717) is 13.2 Å². The molecule has 28 heavy (non-hydrogen) atoms. The fourth-order valence-corrected chi connectivity index (χ4v) is 4.55. The van der Waals surface area contributed by atoms with Gasteiger partial charge in [0, 0.05) is 23.4 Å². The largest absolute Gasteiger partial charge is 0.450 e. The van der Waals surface area contributed by atoms with Gasteiger partial charge in [-0.3, -0.25) is 0 Å². The Labute approximate surface area is 169 Å². The van der Waals surface area contributed by atoms with Crippen molar-refractivity contribution in [2.75, 3.05) is 24.6 Å². The van der Waals surface area contributed by atoms with Gasteiger partial charge < -0.3 is 15.0 Å². The highest BCUT2D eigenvalue weighted by molar-refractivity contribution is 7.99. The van der Waals surface area contributed by atoms with Gasteiger partial charge in [0.25, 0.3) is 0 Å². The lowest BCUT2D eigenvalue weighted by molar-refractivity contribution is 0.152. The molecule has 144 valence electrons. The summed E-state index contributed by atoms with van der Waals surface area (Å²) in [6.45, 7) is 5.62. The van der Waals surface area contributed by atoms with Crippen LogP contribution in [0.3, 0.4) is 0 Å². The number of nitrogens with zero attached hydrogens (tertiary/aromatic N) is 2. The molecule has 0 unspecified atom stereocenters. The Balaban J connectivity index is 1.62. The molecule has 1 aliphatic rings. The minimum absolute atomic E-state index is 0.364. The summed E-state index contributed by atoms with van der Waals surface area (Å²) in [6, 6.07) is 16.9. The number of aromatic nitrogens is 1. The quantitative estimate of drug-likeness (QED) is 0.598. The Morgan fingerprint density at radius 3 is 2.89 bits per heavy atom. The lowest BCUT2D eigenvalue weighted by atomic mass is 10.1. The molecule has 6 heteroatoms. The molecule has 0 fully saturated rings. The smallest absolute Gasteiger partial charge is 0.407 e. The van der Waals surface area contributed by atoms with Crippen LogP contribution in [0.15, 0.2) is 58.3 Å². The molecule has 2 heterocycles. The van der Waals surface area contributed by atoms with Crippen molar-refractivity contribution in [3.8, 4) is 0 Å². The van der Waals surface area contributed by atoms with Gasteiger partial charge in [-0.1, -0.05) is 36.0 Å². The predicted octanol–water partition coefficient (Wildman–Crippen LogP) is 5.28. The van der Waals surface area contributed by atoms with Gasteiger partial charge in [0.2, 0.25) is 0 Å².